The molecule has 0 radical (unpaired) electrons. The first-order valence-electron chi connectivity index (χ1n) is 7.87. The molecule has 26 heavy (non-hydrogen) atoms. The molecule has 1 aromatic carbocycles. The van der Waals surface area contributed by atoms with Gasteiger partial charge in [0.15, 0.2) is 0 Å². The van der Waals surface area contributed by atoms with Crippen LogP contribution in [0.3, 0.4) is 0 Å². The number of hydrogen-bond donors (Lipinski definition) is 2. The molecule has 134 valence electrons. The molecule has 3 aromatic rings. The maximum absolute atomic E-state index is 12.5. The Morgan fingerprint density at radius 1 is 1.35 bits per heavy atom. The SMILES string of the molecule is Cc1sc2ncnc(SC(C)C(=O)Nc3cc(C=O)ccc3O)c2c1C. The van der Waals surface area contributed by atoms with Crippen LogP contribution >= 0.6 is 23.1 Å². The van der Waals surface area contributed by atoms with E-state index in [4.69, 9.17) is 0 Å². The van der Waals surface area contributed by atoms with Gasteiger partial charge in [-0.1, -0.05) is 11.8 Å². The summed E-state index contributed by atoms with van der Waals surface area (Å²) in [5, 5.41) is 13.8. The second kappa shape index (κ2) is 7.43. The van der Waals surface area contributed by atoms with E-state index in [1.165, 1.54) is 41.2 Å². The van der Waals surface area contributed by atoms with Crippen molar-refractivity contribution < 1.29 is 14.7 Å². The van der Waals surface area contributed by atoms with Crippen molar-refractivity contribution >= 4 is 51.2 Å². The van der Waals surface area contributed by atoms with Crippen molar-refractivity contribution in [2.75, 3.05) is 5.32 Å². The number of aldehydes is 1. The lowest BCUT2D eigenvalue weighted by Gasteiger charge is -2.13. The van der Waals surface area contributed by atoms with Crippen molar-refractivity contribution in [3.63, 3.8) is 0 Å². The van der Waals surface area contributed by atoms with Gasteiger partial charge in [0.2, 0.25) is 5.91 Å². The summed E-state index contributed by atoms with van der Waals surface area (Å²) >= 11 is 2.94. The Morgan fingerprint density at radius 3 is 2.85 bits per heavy atom. The first kappa shape index (κ1) is 18.3. The van der Waals surface area contributed by atoms with Crippen LogP contribution in [0.25, 0.3) is 10.2 Å². The minimum Gasteiger partial charge on any atom is -0.506 e. The molecular weight excluding hydrogens is 370 g/mol. The predicted octanol–water partition coefficient (Wildman–Crippen LogP) is 3.95. The monoisotopic (exact) mass is 387 g/mol. The van der Waals surface area contributed by atoms with Crippen molar-refractivity contribution in [2.45, 2.75) is 31.0 Å². The van der Waals surface area contributed by atoms with Gasteiger partial charge in [-0.05, 0) is 44.5 Å². The molecule has 0 bridgehead atoms. The van der Waals surface area contributed by atoms with Gasteiger partial charge in [0.25, 0.3) is 0 Å². The second-order valence-corrected chi connectivity index (χ2v) is 8.32. The summed E-state index contributed by atoms with van der Waals surface area (Å²) in [5.41, 5.74) is 1.71. The number of rotatable bonds is 5. The van der Waals surface area contributed by atoms with E-state index in [9.17, 15) is 14.7 Å². The van der Waals surface area contributed by atoms with Gasteiger partial charge in [0.05, 0.1) is 10.9 Å². The average molecular weight is 387 g/mol. The number of carbonyl (C=O) groups is 2. The van der Waals surface area contributed by atoms with Gasteiger partial charge in [0, 0.05) is 15.8 Å². The van der Waals surface area contributed by atoms with E-state index in [0.29, 0.717) is 11.8 Å². The van der Waals surface area contributed by atoms with Gasteiger partial charge in [-0.25, -0.2) is 9.97 Å². The van der Waals surface area contributed by atoms with E-state index in [-0.39, 0.29) is 17.3 Å². The van der Waals surface area contributed by atoms with Crippen LogP contribution in [0, 0.1) is 13.8 Å². The molecule has 2 aromatic heterocycles. The topological polar surface area (TPSA) is 92.2 Å². The predicted molar refractivity (Wildman–Crippen MR) is 104 cm³/mol. The van der Waals surface area contributed by atoms with Crippen LogP contribution in [0.15, 0.2) is 29.6 Å². The highest BCUT2D eigenvalue weighted by atomic mass is 32.2. The average Bonchev–Trinajstić information content (AvgIpc) is 2.92. The Morgan fingerprint density at radius 2 is 2.12 bits per heavy atom. The normalized spacial score (nSPS) is 12.1. The second-order valence-electron chi connectivity index (χ2n) is 5.79. The Kier molecular flexibility index (Phi) is 5.24. The molecular formula is C18H17N3O3S2. The Balaban J connectivity index is 1.81. The van der Waals surface area contributed by atoms with Crippen molar-refractivity contribution in [3.8, 4) is 5.75 Å². The van der Waals surface area contributed by atoms with Gasteiger partial charge < -0.3 is 10.4 Å². The number of aryl methyl sites for hydroxylation is 2. The quantitative estimate of drug-likeness (QED) is 0.298. The van der Waals surface area contributed by atoms with E-state index >= 15 is 0 Å². The fourth-order valence-electron chi connectivity index (χ4n) is 2.42. The van der Waals surface area contributed by atoms with Gasteiger partial charge in [0.1, 0.15) is 28.2 Å². The third-order valence-electron chi connectivity index (χ3n) is 4.00. The van der Waals surface area contributed by atoms with Crippen LogP contribution in [-0.2, 0) is 4.79 Å². The van der Waals surface area contributed by atoms with Crippen molar-refractivity contribution in [1.82, 2.24) is 9.97 Å². The lowest BCUT2D eigenvalue weighted by molar-refractivity contribution is -0.115. The summed E-state index contributed by atoms with van der Waals surface area (Å²) < 4.78 is 0. The number of thiophene rings is 1. The number of phenolic OH excluding ortho intramolecular Hbond substituents is 1. The third-order valence-corrected chi connectivity index (χ3v) is 6.22. The highest BCUT2D eigenvalue weighted by Gasteiger charge is 2.20. The van der Waals surface area contributed by atoms with Gasteiger partial charge in [-0.15, -0.1) is 11.3 Å². The molecule has 1 atom stereocenters. The minimum atomic E-state index is -0.452. The molecule has 0 aliphatic heterocycles. The standard InChI is InChI=1S/C18H17N3O3S2/c1-9-10(2)25-17-15(9)18(20-8-19-17)26-11(3)16(24)21-13-6-12(7-22)4-5-14(13)23/h4-8,11,23H,1-3H3,(H,21,24). The molecule has 8 heteroatoms. The highest BCUT2D eigenvalue weighted by molar-refractivity contribution is 8.00. The molecule has 2 N–H and O–H groups in total. The summed E-state index contributed by atoms with van der Waals surface area (Å²) in [6.07, 6.45) is 2.16. The summed E-state index contributed by atoms with van der Waals surface area (Å²) in [7, 11) is 0. The first-order chi connectivity index (χ1) is 12.4. The molecule has 1 amide bonds. The van der Waals surface area contributed by atoms with Crippen molar-refractivity contribution in [1.29, 1.82) is 0 Å². The maximum Gasteiger partial charge on any atom is 0.237 e. The number of phenols is 1. The number of hydrogen-bond acceptors (Lipinski definition) is 7. The van der Waals surface area contributed by atoms with Crippen LogP contribution < -0.4 is 5.32 Å². The zero-order valence-electron chi connectivity index (χ0n) is 14.4. The van der Waals surface area contributed by atoms with Gasteiger partial charge >= 0.3 is 0 Å². The lowest BCUT2D eigenvalue weighted by Crippen LogP contribution is -2.22. The summed E-state index contributed by atoms with van der Waals surface area (Å²) in [5.74, 6) is -0.375. The zero-order chi connectivity index (χ0) is 18.8. The van der Waals surface area contributed by atoms with Crippen LogP contribution in [0.2, 0.25) is 0 Å². The van der Waals surface area contributed by atoms with Gasteiger partial charge in [-0.2, -0.15) is 0 Å². The van der Waals surface area contributed by atoms with E-state index in [1.807, 2.05) is 13.8 Å². The van der Waals surface area contributed by atoms with Crippen LogP contribution in [-0.4, -0.2) is 32.5 Å². The van der Waals surface area contributed by atoms with Crippen molar-refractivity contribution in [2.24, 2.45) is 0 Å². The number of benzene rings is 1. The number of anilines is 1. The lowest BCUT2D eigenvalue weighted by atomic mass is 10.2. The number of carbonyl (C=O) groups excluding carboxylic acids is 2. The number of nitrogens with zero attached hydrogens (tertiary/aromatic N) is 2. The summed E-state index contributed by atoms with van der Waals surface area (Å²) in [6.45, 7) is 5.83. The van der Waals surface area contributed by atoms with Crippen LogP contribution in [0.4, 0.5) is 5.69 Å². The Hall–Kier alpha value is -2.45. The Labute approximate surface area is 158 Å². The first-order valence-corrected chi connectivity index (χ1v) is 9.56. The van der Waals surface area contributed by atoms with E-state index < -0.39 is 5.25 Å². The summed E-state index contributed by atoms with van der Waals surface area (Å²) in [4.78, 5) is 34.1. The fourth-order valence-corrected chi connectivity index (χ4v) is 4.46. The largest absolute Gasteiger partial charge is 0.506 e. The van der Waals surface area contributed by atoms with E-state index in [1.54, 1.807) is 18.3 Å². The molecule has 2 heterocycles. The molecule has 3 rings (SSSR count). The number of aromatic nitrogens is 2. The molecule has 0 aliphatic rings. The number of fused-ring (bicyclic) bond motifs is 1. The van der Waals surface area contributed by atoms with Crippen molar-refractivity contribution in [3.05, 3.63) is 40.5 Å². The fraction of sp³-hybridized carbons (Fsp3) is 0.222. The van der Waals surface area contributed by atoms with Gasteiger partial charge in [-0.3, -0.25) is 9.59 Å². The Bertz CT molecular complexity index is 1000. The molecule has 1 unspecified atom stereocenters. The molecule has 0 aliphatic carbocycles. The number of amides is 1. The van der Waals surface area contributed by atoms with Crippen LogP contribution in [0.1, 0.15) is 27.7 Å². The molecule has 0 fully saturated rings. The summed E-state index contributed by atoms with van der Waals surface area (Å²) in [6, 6.07) is 4.30. The zero-order valence-corrected chi connectivity index (χ0v) is 16.1. The smallest absolute Gasteiger partial charge is 0.237 e. The van der Waals surface area contributed by atoms with E-state index in [2.05, 4.69) is 15.3 Å². The molecule has 6 nitrogen and oxygen atoms in total. The molecule has 0 saturated carbocycles. The maximum atomic E-state index is 12.5. The molecule has 0 saturated heterocycles. The number of thioether (sulfide) groups is 1. The molecule has 0 spiro atoms. The highest BCUT2D eigenvalue weighted by Crippen LogP contribution is 2.36. The third kappa shape index (κ3) is 3.56. The van der Waals surface area contributed by atoms with E-state index in [0.717, 1.165) is 20.8 Å². The minimum absolute atomic E-state index is 0.0881. The number of aromatic hydroxyl groups is 1. The number of nitrogens with one attached hydrogen (secondary N) is 1. The van der Waals surface area contributed by atoms with Crippen LogP contribution in [0.5, 0.6) is 5.75 Å².